The minimum absolute atomic E-state index is 0.143. The molecule has 2 nitrogen and oxygen atoms in total. The standard InChI is InChI=1S/C7H7ClF2N2/c8-5-1-4(7(9)10)2-6(3-5)12-11/h1-3,7,12H,11H2. The number of nitrogen functional groups attached to an aromatic ring is 1. The molecule has 0 spiro atoms. The van der Waals surface area contributed by atoms with Crippen LogP contribution in [0.3, 0.4) is 0 Å². The van der Waals surface area contributed by atoms with Crippen molar-refractivity contribution in [3.63, 3.8) is 0 Å². The Morgan fingerprint density at radius 2 is 2.00 bits per heavy atom. The summed E-state index contributed by atoms with van der Waals surface area (Å²) >= 11 is 5.54. The van der Waals surface area contributed by atoms with E-state index in [0.717, 1.165) is 0 Å². The number of anilines is 1. The maximum Gasteiger partial charge on any atom is 0.263 e. The average molecular weight is 193 g/mol. The second-order valence-electron chi connectivity index (χ2n) is 2.22. The highest BCUT2D eigenvalue weighted by Gasteiger charge is 2.08. The van der Waals surface area contributed by atoms with E-state index in [1.807, 2.05) is 0 Å². The summed E-state index contributed by atoms with van der Waals surface area (Å²) in [6.07, 6.45) is -2.53. The van der Waals surface area contributed by atoms with Crippen LogP contribution in [0.4, 0.5) is 14.5 Å². The third-order valence-corrected chi connectivity index (χ3v) is 1.56. The number of halogens is 3. The lowest BCUT2D eigenvalue weighted by Gasteiger charge is -2.04. The summed E-state index contributed by atoms with van der Waals surface area (Å²) in [6.45, 7) is 0. The second kappa shape index (κ2) is 3.69. The Kier molecular flexibility index (Phi) is 2.83. The Labute approximate surface area is 73.3 Å². The van der Waals surface area contributed by atoms with Gasteiger partial charge in [-0.25, -0.2) is 8.78 Å². The van der Waals surface area contributed by atoms with Gasteiger partial charge in [0.1, 0.15) is 0 Å². The van der Waals surface area contributed by atoms with Crippen molar-refractivity contribution in [3.8, 4) is 0 Å². The van der Waals surface area contributed by atoms with E-state index in [2.05, 4.69) is 5.43 Å². The Hall–Kier alpha value is -0.870. The fraction of sp³-hybridized carbons (Fsp3) is 0.143. The molecule has 0 atom stereocenters. The lowest BCUT2D eigenvalue weighted by molar-refractivity contribution is 0.151. The first kappa shape index (κ1) is 9.22. The largest absolute Gasteiger partial charge is 0.324 e. The number of benzene rings is 1. The molecule has 0 heterocycles. The smallest absolute Gasteiger partial charge is 0.263 e. The Balaban J connectivity index is 3.06. The minimum Gasteiger partial charge on any atom is -0.324 e. The molecule has 0 fully saturated rings. The van der Waals surface area contributed by atoms with Crippen LogP contribution >= 0.6 is 11.6 Å². The molecule has 3 N–H and O–H groups in total. The molecule has 0 aliphatic heterocycles. The first-order valence-electron chi connectivity index (χ1n) is 3.18. The summed E-state index contributed by atoms with van der Waals surface area (Å²) in [6, 6.07) is 3.91. The second-order valence-corrected chi connectivity index (χ2v) is 2.65. The zero-order valence-electron chi connectivity index (χ0n) is 6.02. The predicted octanol–water partition coefficient (Wildman–Crippen LogP) is 2.56. The van der Waals surface area contributed by atoms with E-state index in [-0.39, 0.29) is 10.6 Å². The van der Waals surface area contributed by atoms with Gasteiger partial charge in [-0.2, -0.15) is 0 Å². The van der Waals surface area contributed by atoms with E-state index >= 15 is 0 Å². The Morgan fingerprint density at radius 3 is 2.50 bits per heavy atom. The summed E-state index contributed by atoms with van der Waals surface area (Å²) in [5, 5.41) is 0.237. The maximum atomic E-state index is 12.1. The third-order valence-electron chi connectivity index (χ3n) is 1.34. The highest BCUT2D eigenvalue weighted by Crippen LogP contribution is 2.25. The van der Waals surface area contributed by atoms with Crippen molar-refractivity contribution >= 4 is 17.3 Å². The summed E-state index contributed by atoms with van der Waals surface area (Å²) < 4.78 is 24.3. The quantitative estimate of drug-likeness (QED) is 0.558. The number of hydrogen-bond acceptors (Lipinski definition) is 2. The van der Waals surface area contributed by atoms with Crippen molar-refractivity contribution in [2.24, 2.45) is 5.84 Å². The molecule has 0 aliphatic carbocycles. The molecule has 1 aromatic rings. The van der Waals surface area contributed by atoms with Gasteiger partial charge in [0.15, 0.2) is 0 Å². The van der Waals surface area contributed by atoms with Gasteiger partial charge in [-0.05, 0) is 18.2 Å². The number of nitrogens with two attached hydrogens (primary N) is 1. The summed E-state index contributed by atoms with van der Waals surface area (Å²) in [7, 11) is 0. The number of alkyl halides is 2. The zero-order chi connectivity index (χ0) is 9.14. The van der Waals surface area contributed by atoms with E-state index in [1.165, 1.54) is 18.2 Å². The van der Waals surface area contributed by atoms with Gasteiger partial charge >= 0.3 is 0 Å². The average Bonchev–Trinajstić information content (AvgIpc) is 2.03. The lowest BCUT2D eigenvalue weighted by Crippen LogP contribution is -2.06. The molecular weight excluding hydrogens is 186 g/mol. The van der Waals surface area contributed by atoms with Gasteiger partial charge in [0.2, 0.25) is 0 Å². The monoisotopic (exact) mass is 192 g/mol. The van der Waals surface area contributed by atoms with Gasteiger partial charge in [0.05, 0.1) is 5.69 Å². The van der Waals surface area contributed by atoms with Gasteiger partial charge in [0.25, 0.3) is 6.43 Å². The van der Waals surface area contributed by atoms with Gasteiger partial charge in [-0.3, -0.25) is 5.84 Å². The van der Waals surface area contributed by atoms with Crippen LogP contribution in [0.15, 0.2) is 18.2 Å². The molecule has 0 amide bonds. The van der Waals surface area contributed by atoms with Gasteiger partial charge in [-0.15, -0.1) is 0 Å². The number of rotatable bonds is 2. The first-order valence-corrected chi connectivity index (χ1v) is 3.56. The molecule has 0 aromatic heterocycles. The maximum absolute atomic E-state index is 12.1. The summed E-state index contributed by atoms with van der Waals surface area (Å²) in [4.78, 5) is 0. The van der Waals surface area contributed by atoms with Crippen molar-refractivity contribution in [2.45, 2.75) is 6.43 Å². The van der Waals surface area contributed by atoms with Crippen molar-refractivity contribution in [3.05, 3.63) is 28.8 Å². The molecule has 12 heavy (non-hydrogen) atoms. The van der Waals surface area contributed by atoms with Crippen LogP contribution in [0.5, 0.6) is 0 Å². The van der Waals surface area contributed by atoms with Crippen molar-refractivity contribution in [2.75, 3.05) is 5.43 Å². The van der Waals surface area contributed by atoms with E-state index < -0.39 is 6.43 Å². The van der Waals surface area contributed by atoms with Crippen molar-refractivity contribution in [1.82, 2.24) is 0 Å². The zero-order valence-corrected chi connectivity index (χ0v) is 6.78. The van der Waals surface area contributed by atoms with Crippen molar-refractivity contribution < 1.29 is 8.78 Å². The Bertz CT molecular complexity index is 278. The molecule has 1 aromatic carbocycles. The van der Waals surface area contributed by atoms with Gasteiger partial charge < -0.3 is 5.43 Å². The molecule has 0 saturated carbocycles. The molecule has 1 rings (SSSR count). The first-order chi connectivity index (χ1) is 5.63. The number of hydrazine groups is 1. The highest BCUT2D eigenvalue weighted by molar-refractivity contribution is 6.30. The number of nitrogens with one attached hydrogen (secondary N) is 1. The van der Waals surface area contributed by atoms with Gasteiger partial charge in [-0.1, -0.05) is 11.6 Å². The summed E-state index contributed by atoms with van der Waals surface area (Å²) in [5.74, 6) is 5.03. The third kappa shape index (κ3) is 2.06. The molecule has 5 heteroatoms. The van der Waals surface area contributed by atoms with Gasteiger partial charge in [0, 0.05) is 10.6 Å². The SMILES string of the molecule is NNc1cc(Cl)cc(C(F)F)c1. The van der Waals surface area contributed by atoms with Crippen LogP contribution in [-0.2, 0) is 0 Å². The van der Waals surface area contributed by atoms with Crippen LogP contribution in [0, 0.1) is 0 Å². The van der Waals surface area contributed by atoms with Crippen LogP contribution in [0.25, 0.3) is 0 Å². The highest BCUT2D eigenvalue weighted by atomic mass is 35.5. The van der Waals surface area contributed by atoms with Crippen molar-refractivity contribution in [1.29, 1.82) is 0 Å². The fourth-order valence-corrected chi connectivity index (χ4v) is 1.07. The molecule has 0 saturated heterocycles. The molecule has 66 valence electrons. The van der Waals surface area contributed by atoms with Crippen LogP contribution in [-0.4, -0.2) is 0 Å². The van der Waals surface area contributed by atoms with E-state index in [9.17, 15) is 8.78 Å². The molecule has 0 aliphatic rings. The molecule has 0 bridgehead atoms. The fourth-order valence-electron chi connectivity index (χ4n) is 0.822. The summed E-state index contributed by atoms with van der Waals surface area (Å²) in [5.41, 5.74) is 2.48. The van der Waals surface area contributed by atoms with Crippen LogP contribution in [0.2, 0.25) is 5.02 Å². The Morgan fingerprint density at radius 1 is 1.33 bits per heavy atom. The predicted molar refractivity (Wildman–Crippen MR) is 44.2 cm³/mol. The normalized spacial score (nSPS) is 10.4. The minimum atomic E-state index is -2.53. The molecule has 0 unspecified atom stereocenters. The molecular formula is C7H7ClF2N2. The number of hydrogen-bond donors (Lipinski definition) is 2. The topological polar surface area (TPSA) is 38.0 Å². The van der Waals surface area contributed by atoms with Crippen LogP contribution in [0.1, 0.15) is 12.0 Å². The van der Waals surface area contributed by atoms with E-state index in [1.54, 1.807) is 0 Å². The van der Waals surface area contributed by atoms with E-state index in [4.69, 9.17) is 17.4 Å². The van der Waals surface area contributed by atoms with Crippen LogP contribution < -0.4 is 11.3 Å². The van der Waals surface area contributed by atoms with E-state index in [0.29, 0.717) is 5.69 Å². The lowest BCUT2D eigenvalue weighted by atomic mass is 10.2. The molecule has 0 radical (unpaired) electrons.